The van der Waals surface area contributed by atoms with Crippen LogP contribution in [0.3, 0.4) is 0 Å². The van der Waals surface area contributed by atoms with Crippen LogP contribution in [-0.4, -0.2) is 32.2 Å². The Morgan fingerprint density at radius 1 is 1.71 bits per heavy atom. The first-order valence-corrected chi connectivity index (χ1v) is 4.72. The molecule has 0 fully saturated rings. The summed E-state index contributed by atoms with van der Waals surface area (Å²) in [5.41, 5.74) is 0. The van der Waals surface area contributed by atoms with Gasteiger partial charge in [-0.25, -0.2) is 0 Å². The molecule has 0 saturated heterocycles. The third kappa shape index (κ3) is 7.02. The van der Waals surface area contributed by atoms with E-state index in [9.17, 15) is 0 Å². The van der Waals surface area contributed by atoms with Crippen molar-refractivity contribution in [2.24, 2.45) is 5.92 Å². The van der Waals surface area contributed by atoms with Crippen molar-refractivity contribution in [2.75, 3.05) is 0 Å². The van der Waals surface area contributed by atoms with Crippen LogP contribution in [0.2, 0.25) is 5.28 Å². The SMILES string of the molecule is CC(C)[CH2][Al][O][AlH2]. The van der Waals surface area contributed by atoms with E-state index in [4.69, 9.17) is 2.84 Å². The Hall–Kier alpha value is 1.02. The molecule has 39 valence electrons. The molecule has 0 aliphatic carbocycles. The fraction of sp³-hybridized carbons (Fsp3) is 1.00. The van der Waals surface area contributed by atoms with E-state index >= 15 is 0 Å². The Balaban J connectivity index is 2.68. The van der Waals surface area contributed by atoms with Crippen LogP contribution in [0.4, 0.5) is 0 Å². The minimum absolute atomic E-state index is 0.346. The van der Waals surface area contributed by atoms with Crippen LogP contribution in [0, 0.1) is 5.92 Å². The molecule has 3 heteroatoms. The Kier molecular flexibility index (Phi) is 5.92. The lowest BCUT2D eigenvalue weighted by Crippen LogP contribution is -1.98. The van der Waals surface area contributed by atoms with Crippen LogP contribution in [-0.2, 0) is 2.84 Å². The van der Waals surface area contributed by atoms with Gasteiger partial charge in [0.05, 0.1) is 0 Å². The lowest BCUT2D eigenvalue weighted by molar-refractivity contribution is 0.625. The number of rotatable bonds is 3. The van der Waals surface area contributed by atoms with Crippen molar-refractivity contribution in [3.05, 3.63) is 0 Å². The summed E-state index contributed by atoms with van der Waals surface area (Å²) in [6, 6.07) is 0. The van der Waals surface area contributed by atoms with Crippen LogP contribution in [0.25, 0.3) is 0 Å². The minimum atomic E-state index is 0.346. The molecule has 0 unspecified atom stereocenters. The van der Waals surface area contributed by atoms with Crippen molar-refractivity contribution in [3.63, 3.8) is 0 Å². The molecule has 0 saturated carbocycles. The Bertz CT molecular complexity index is 38.7. The molecule has 0 aliphatic rings. The smallest absolute Gasteiger partial charge is 0.391 e. The van der Waals surface area contributed by atoms with Gasteiger partial charge in [-0.3, -0.25) is 0 Å². The number of hydrogen-bond acceptors (Lipinski definition) is 1. The van der Waals surface area contributed by atoms with Gasteiger partial charge in [-0.15, -0.1) is 0 Å². The maximum Gasteiger partial charge on any atom is 0.391 e. The molecule has 0 N–H and O–H groups in total. The van der Waals surface area contributed by atoms with Gasteiger partial charge in [-0.05, 0) is 0 Å². The second-order valence-corrected chi connectivity index (χ2v) is 4.72. The molecule has 0 aromatic heterocycles. The van der Waals surface area contributed by atoms with Gasteiger partial charge in [0, 0.05) is 0 Å². The summed E-state index contributed by atoms with van der Waals surface area (Å²) in [5.74, 6) is 0.837. The molecule has 7 heavy (non-hydrogen) atoms. The molecule has 1 radical (unpaired) electrons. The van der Waals surface area contributed by atoms with Crippen LogP contribution in [0.5, 0.6) is 0 Å². The molecule has 0 heterocycles. The lowest BCUT2D eigenvalue weighted by Gasteiger charge is -1.98. The molecule has 1 nitrogen and oxygen atoms in total. The second-order valence-electron chi connectivity index (χ2n) is 2.03. The molecule has 0 aromatic carbocycles. The summed E-state index contributed by atoms with van der Waals surface area (Å²) in [6.45, 7) is 4.46. The zero-order chi connectivity index (χ0) is 5.70. The van der Waals surface area contributed by atoms with E-state index in [0.29, 0.717) is 15.6 Å². The molecule has 0 amide bonds. The van der Waals surface area contributed by atoms with Crippen molar-refractivity contribution in [3.8, 4) is 0 Å². The molecule has 0 rings (SSSR count). The highest BCUT2D eigenvalue weighted by atomic mass is 27.2. The predicted molar refractivity (Wildman–Crippen MR) is 35.0 cm³/mol. The highest BCUT2D eigenvalue weighted by Gasteiger charge is 1.93. The largest absolute Gasteiger partial charge is 0.648 e. The monoisotopic (exact) mass is 129 g/mol. The van der Waals surface area contributed by atoms with Crippen LogP contribution in [0.15, 0.2) is 0 Å². The van der Waals surface area contributed by atoms with Crippen molar-refractivity contribution < 1.29 is 2.84 Å². The van der Waals surface area contributed by atoms with E-state index in [-0.39, 0.29) is 0 Å². The van der Waals surface area contributed by atoms with Gasteiger partial charge in [0.15, 0.2) is 0 Å². The zero-order valence-electron chi connectivity index (χ0n) is 5.27. The van der Waals surface area contributed by atoms with E-state index in [0.717, 1.165) is 22.5 Å². The molecular weight excluding hydrogens is 118 g/mol. The van der Waals surface area contributed by atoms with E-state index < -0.39 is 0 Å². The molecule has 0 aromatic rings. The summed E-state index contributed by atoms with van der Waals surface area (Å²) >= 11 is 1.28. The van der Waals surface area contributed by atoms with E-state index in [1.807, 2.05) is 0 Å². The molecule has 0 bridgehead atoms. The van der Waals surface area contributed by atoms with Crippen LogP contribution < -0.4 is 0 Å². The lowest BCUT2D eigenvalue weighted by atomic mass is 10.3. The van der Waals surface area contributed by atoms with Gasteiger partial charge in [-0.1, -0.05) is 25.0 Å². The Morgan fingerprint density at radius 2 is 2.29 bits per heavy atom. The van der Waals surface area contributed by atoms with Gasteiger partial charge in [0.2, 0.25) is 0 Å². The summed E-state index contributed by atoms with van der Waals surface area (Å²) in [7, 11) is 0. The van der Waals surface area contributed by atoms with Gasteiger partial charge in [0.25, 0.3) is 0 Å². The first-order chi connectivity index (χ1) is 3.27. The maximum atomic E-state index is 5.07. The summed E-state index contributed by atoms with van der Waals surface area (Å²) in [6.07, 6.45) is 0. The van der Waals surface area contributed by atoms with Gasteiger partial charge in [-0.2, -0.15) is 0 Å². The Morgan fingerprint density at radius 3 is 2.43 bits per heavy atom. The molecule has 0 atom stereocenters. The molecule has 0 aliphatic heterocycles. The standard InChI is InChI=1S/C4H9.2Al.O.2H/c1-4(2)3;;;;;/h4H,1H2,2-3H3;;;;;. The van der Waals surface area contributed by atoms with Crippen LogP contribution in [0.1, 0.15) is 13.8 Å². The third-order valence-corrected chi connectivity index (χ3v) is 3.20. The normalized spacial score (nSPS) is 9.57. The predicted octanol–water partition coefficient (Wildman–Crippen LogP) is 0.245. The van der Waals surface area contributed by atoms with Crippen LogP contribution >= 0.6 is 0 Å². The minimum Gasteiger partial charge on any atom is -0.648 e. The van der Waals surface area contributed by atoms with Crippen molar-refractivity contribution in [2.45, 2.75) is 19.1 Å². The average Bonchev–Trinajstić information content (AvgIpc) is 1.61. The van der Waals surface area contributed by atoms with Crippen molar-refractivity contribution >= 4 is 32.2 Å². The first-order valence-electron chi connectivity index (χ1n) is 2.62. The average molecular weight is 129 g/mol. The summed E-state index contributed by atoms with van der Waals surface area (Å²) in [5, 5.41) is 1.30. The fourth-order valence-electron chi connectivity index (χ4n) is 0.289. The molecule has 0 spiro atoms. The fourth-order valence-corrected chi connectivity index (χ4v) is 1.44. The van der Waals surface area contributed by atoms with E-state index in [2.05, 4.69) is 13.8 Å². The first kappa shape index (κ1) is 8.02. The highest BCUT2D eigenvalue weighted by Crippen LogP contribution is 1.96. The number of hydrogen-bond donors (Lipinski definition) is 0. The molecular formula is C4H11Al2O. The Labute approximate surface area is 60.2 Å². The van der Waals surface area contributed by atoms with Crippen molar-refractivity contribution in [1.82, 2.24) is 0 Å². The zero-order valence-corrected chi connectivity index (χ0v) is 8.42. The third-order valence-electron chi connectivity index (χ3n) is 0.734. The van der Waals surface area contributed by atoms with Crippen molar-refractivity contribution in [1.29, 1.82) is 0 Å². The summed E-state index contributed by atoms with van der Waals surface area (Å²) < 4.78 is 5.07. The maximum absolute atomic E-state index is 5.07. The van der Waals surface area contributed by atoms with E-state index in [1.54, 1.807) is 0 Å². The summed E-state index contributed by atoms with van der Waals surface area (Å²) in [4.78, 5) is 0. The van der Waals surface area contributed by atoms with Gasteiger partial charge >= 0.3 is 32.2 Å². The van der Waals surface area contributed by atoms with E-state index in [1.165, 1.54) is 5.28 Å². The second kappa shape index (κ2) is 5.17. The van der Waals surface area contributed by atoms with Gasteiger partial charge in [0.1, 0.15) is 0 Å². The highest BCUT2D eigenvalue weighted by molar-refractivity contribution is 6.34. The van der Waals surface area contributed by atoms with Gasteiger partial charge < -0.3 is 2.84 Å². The quantitative estimate of drug-likeness (QED) is 0.496. The topological polar surface area (TPSA) is 9.23 Å².